The number of hydrogen-bond donors (Lipinski definition) is 3. The van der Waals surface area contributed by atoms with Gasteiger partial charge in [-0.05, 0) is 199 Å². The fourth-order valence-corrected chi connectivity index (χ4v) is 9.09. The topological polar surface area (TPSA) is 292 Å². The van der Waals surface area contributed by atoms with Gasteiger partial charge in [0.1, 0.15) is 11.5 Å². The number of thioether (sulfide) groups is 1. The summed E-state index contributed by atoms with van der Waals surface area (Å²) < 4.78 is 35.2. The minimum Gasteiger partial charge on any atom is -0.465 e. The smallest absolute Gasteiger partial charge is 0.343 e. The van der Waals surface area contributed by atoms with Gasteiger partial charge in [0.15, 0.2) is 0 Å². The Balaban J connectivity index is 0.000000472. The van der Waals surface area contributed by atoms with Crippen LogP contribution in [0, 0.1) is 27.6 Å². The minimum atomic E-state index is -0.578. The first-order chi connectivity index (χ1) is 51.5. The lowest BCUT2D eigenvalue weighted by Crippen LogP contribution is -2.38. The molecule has 0 spiro atoms. The van der Waals surface area contributed by atoms with E-state index in [1.165, 1.54) is 45.2 Å². The maximum absolute atomic E-state index is 12.4. The van der Waals surface area contributed by atoms with Gasteiger partial charge in [-0.2, -0.15) is 0 Å². The highest BCUT2D eigenvalue weighted by Gasteiger charge is 2.30. The van der Waals surface area contributed by atoms with Crippen molar-refractivity contribution < 1.29 is 85.9 Å². The first-order valence-corrected chi connectivity index (χ1v) is 38.0. The number of para-hydroxylation sites is 1. The standard InChI is InChI=1S/C26H32O6.C16H24N2O3.C16H22O4.C14H19NO3.C14H19NO2S/c1-5-7-8-9-18-30-23(27)19-10-14-21(15-11-19)31-24(28)20-12-16-22(17-13-20)32-25(29)26(3,4)6-2;1-5-16(2,3)15(20)18-11-10-17-13-9-7-6-8-12(13)14(19)21-4;1-5-16(2,3)15(18)20-11-10-12-6-8-13(9-7-12)14(17)19-4;1-5-10(2)13(16)15(3)12-8-6-11(7-9-12)14(17)18-4;1-5-14(2,3)13(17)15-11-8-6-10(7-9-11)12(16)18-4/h10-17H,5-9,18H2,1-4H3;6-9,17H,5,10-11H2,1-4H3,(H,18,20);6-9H,5,10-11H2,1-4H3;6-10H,5H2,1-4H3;6-9H,5H2,1-4H3,(H,15,17). The fourth-order valence-electron chi connectivity index (χ4n) is 8.72. The lowest BCUT2D eigenvalue weighted by molar-refractivity contribution is -0.154. The van der Waals surface area contributed by atoms with Gasteiger partial charge < -0.3 is 54.0 Å². The zero-order valence-corrected chi connectivity index (χ0v) is 68.4. The highest BCUT2D eigenvalue weighted by Crippen LogP contribution is 2.28. The molecule has 0 saturated heterocycles. The van der Waals surface area contributed by atoms with Gasteiger partial charge in [-0.1, -0.05) is 131 Å². The van der Waals surface area contributed by atoms with E-state index in [2.05, 4.69) is 32.3 Å². The molecule has 3 amide bonds. The van der Waals surface area contributed by atoms with Gasteiger partial charge in [0, 0.05) is 65.9 Å². The number of methoxy groups -OCH3 is 3. The second-order valence-electron chi connectivity index (χ2n) is 28.0. The van der Waals surface area contributed by atoms with Crippen LogP contribution >= 0.6 is 11.8 Å². The summed E-state index contributed by atoms with van der Waals surface area (Å²) in [6, 6.07) is 40.4. The van der Waals surface area contributed by atoms with Gasteiger partial charge in [0.05, 0.1) is 73.2 Å². The summed E-state index contributed by atoms with van der Waals surface area (Å²) in [5.74, 6) is -1.78. The summed E-state index contributed by atoms with van der Waals surface area (Å²) in [5, 5.41) is 8.92. The Morgan fingerprint density at radius 2 is 0.917 bits per heavy atom. The van der Waals surface area contributed by atoms with Crippen LogP contribution < -0.4 is 30.3 Å². The van der Waals surface area contributed by atoms with Crippen LogP contribution in [0.2, 0.25) is 0 Å². The minimum absolute atomic E-state index is 0.00437. The van der Waals surface area contributed by atoms with Crippen molar-refractivity contribution in [3.05, 3.63) is 185 Å². The second-order valence-corrected chi connectivity index (χ2v) is 28.8. The van der Waals surface area contributed by atoms with Gasteiger partial charge in [-0.3, -0.25) is 28.8 Å². The summed E-state index contributed by atoms with van der Waals surface area (Å²) >= 11 is 1.18. The van der Waals surface area contributed by atoms with Crippen LogP contribution in [-0.4, -0.2) is 126 Å². The van der Waals surface area contributed by atoms with Crippen molar-refractivity contribution in [2.24, 2.45) is 27.6 Å². The molecule has 0 aliphatic rings. The Kier molecular flexibility index (Phi) is 42.1. The third-order valence-corrected chi connectivity index (χ3v) is 19.0. The highest BCUT2D eigenvalue weighted by molar-refractivity contribution is 8.13. The van der Waals surface area contributed by atoms with Gasteiger partial charge in [-0.25, -0.2) is 24.0 Å². The second kappa shape index (κ2) is 48.3. The highest BCUT2D eigenvalue weighted by atomic mass is 32.2. The van der Waals surface area contributed by atoms with E-state index < -0.39 is 22.8 Å². The molecule has 23 heteroatoms. The van der Waals surface area contributed by atoms with Crippen LogP contribution in [0.3, 0.4) is 0 Å². The third kappa shape index (κ3) is 33.1. The van der Waals surface area contributed by atoms with E-state index in [9.17, 15) is 52.7 Å². The van der Waals surface area contributed by atoms with Crippen molar-refractivity contribution in [3.63, 3.8) is 0 Å². The number of unbranched alkanes of at least 4 members (excludes halogenated alkanes) is 3. The van der Waals surface area contributed by atoms with Gasteiger partial charge in [-0.15, -0.1) is 0 Å². The Bertz CT molecular complexity index is 3870. The molecule has 0 aromatic heterocycles. The molecule has 3 N–H and O–H groups in total. The molecule has 594 valence electrons. The average Bonchev–Trinajstić information content (AvgIpc) is 0.862. The van der Waals surface area contributed by atoms with Crippen LogP contribution in [0.25, 0.3) is 0 Å². The molecule has 6 aromatic rings. The predicted octanol–water partition coefficient (Wildman–Crippen LogP) is 17.5. The molecule has 22 nitrogen and oxygen atoms in total. The molecule has 0 bridgehead atoms. The summed E-state index contributed by atoms with van der Waals surface area (Å²) in [4.78, 5) is 131. The van der Waals surface area contributed by atoms with Crippen LogP contribution in [0.5, 0.6) is 11.5 Å². The van der Waals surface area contributed by atoms with Crippen LogP contribution in [0.1, 0.15) is 229 Å². The molecule has 6 rings (SSSR count). The van der Waals surface area contributed by atoms with Crippen molar-refractivity contribution in [2.45, 2.75) is 168 Å². The number of rotatable bonds is 32. The molecule has 0 fully saturated rings. The molecule has 6 aromatic carbocycles. The maximum Gasteiger partial charge on any atom is 0.343 e. The van der Waals surface area contributed by atoms with Crippen molar-refractivity contribution in [2.75, 3.05) is 76.5 Å². The zero-order valence-electron chi connectivity index (χ0n) is 67.5. The van der Waals surface area contributed by atoms with Gasteiger partial charge in [0.2, 0.25) is 22.8 Å². The number of anilines is 3. The summed E-state index contributed by atoms with van der Waals surface area (Å²) in [5.41, 5.74) is 4.30. The molecule has 0 radical (unpaired) electrons. The van der Waals surface area contributed by atoms with E-state index in [0.717, 1.165) is 68.3 Å². The number of esters is 7. The van der Waals surface area contributed by atoms with Crippen molar-refractivity contribution >= 4 is 93.4 Å². The number of amides is 3. The van der Waals surface area contributed by atoms with Crippen LogP contribution in [0.15, 0.2) is 146 Å². The Morgan fingerprint density at radius 3 is 1.41 bits per heavy atom. The Labute approximate surface area is 649 Å². The van der Waals surface area contributed by atoms with E-state index in [0.29, 0.717) is 89.7 Å². The first-order valence-electron chi connectivity index (χ1n) is 36.8. The van der Waals surface area contributed by atoms with Crippen molar-refractivity contribution in [1.29, 1.82) is 0 Å². The van der Waals surface area contributed by atoms with E-state index in [1.807, 2.05) is 121 Å². The van der Waals surface area contributed by atoms with E-state index >= 15 is 0 Å². The first kappa shape index (κ1) is 94.9. The number of nitrogens with zero attached hydrogens (tertiary/aromatic N) is 1. The van der Waals surface area contributed by atoms with Gasteiger partial charge >= 0.3 is 41.8 Å². The number of nitrogens with one attached hydrogen (secondary N) is 3. The molecule has 1 atom stereocenters. The third-order valence-electron chi connectivity index (χ3n) is 18.4. The quantitative estimate of drug-likeness (QED) is 0.0153. The molecular formula is C86H116N4O18S. The summed E-state index contributed by atoms with van der Waals surface area (Å²) in [7, 11) is 5.79. The SMILES string of the molecule is CCC(C)(C)C(=O)NCCNc1ccccc1C(=O)OC.CCC(C)(C)C(=O)Nc1ccc(C(=O)SC)cc1.CCC(C)(C)C(=O)OCCc1ccc(C(=O)OC)cc1.CCC(C)C(=O)N(C)c1ccc(C(=O)OC)cc1.CCCCCCOC(=O)c1ccc(OC(=O)c2ccc(OC(=O)C(C)(C)CC)cc2)cc1. The van der Waals surface area contributed by atoms with Crippen molar-refractivity contribution in [3.8, 4) is 11.5 Å². The van der Waals surface area contributed by atoms with Crippen LogP contribution in [-0.2, 0) is 54.1 Å². The molecular weight excluding hydrogens is 1410 g/mol. The Hall–Kier alpha value is -10.2. The molecule has 1 unspecified atom stereocenters. The average molecular weight is 1530 g/mol. The van der Waals surface area contributed by atoms with Gasteiger partial charge in [0.25, 0.3) is 0 Å². The number of ether oxygens (including phenoxy) is 7. The number of hydrogen-bond acceptors (Lipinski definition) is 20. The molecule has 109 heavy (non-hydrogen) atoms. The largest absolute Gasteiger partial charge is 0.465 e. The van der Waals surface area contributed by atoms with E-state index in [1.54, 1.807) is 127 Å². The van der Waals surface area contributed by atoms with Crippen LogP contribution in [0.4, 0.5) is 17.1 Å². The maximum atomic E-state index is 12.4. The molecule has 0 aliphatic carbocycles. The molecule has 0 aliphatic heterocycles. The molecule has 0 heterocycles. The van der Waals surface area contributed by atoms with Crippen molar-refractivity contribution in [1.82, 2.24) is 5.32 Å². The molecule has 0 saturated carbocycles. The van der Waals surface area contributed by atoms with E-state index in [4.69, 9.17) is 23.7 Å². The predicted molar refractivity (Wildman–Crippen MR) is 429 cm³/mol. The number of carbonyl (C=O) groups is 11. The lowest BCUT2D eigenvalue weighted by atomic mass is 9.89. The summed E-state index contributed by atoms with van der Waals surface area (Å²) in [6.45, 7) is 30.7. The lowest BCUT2D eigenvalue weighted by Gasteiger charge is -2.21. The number of carbonyl (C=O) groups excluding carboxylic acids is 11. The number of benzene rings is 6. The Morgan fingerprint density at radius 1 is 0.459 bits per heavy atom. The van der Waals surface area contributed by atoms with E-state index in [-0.39, 0.29) is 69.4 Å². The zero-order chi connectivity index (χ0) is 82.1. The fraction of sp³-hybridized carbons (Fsp3) is 0.453. The summed E-state index contributed by atoms with van der Waals surface area (Å²) in [6.07, 6.45) is 10.3. The monoisotopic (exact) mass is 1520 g/mol. The normalized spacial score (nSPS) is 11.1.